The number of urea groups is 1. The highest BCUT2D eigenvalue weighted by molar-refractivity contribution is 5.81. The minimum absolute atomic E-state index is 0.180. The van der Waals surface area contributed by atoms with E-state index in [0.717, 1.165) is 25.7 Å². The van der Waals surface area contributed by atoms with Crippen molar-refractivity contribution in [3.63, 3.8) is 0 Å². The van der Waals surface area contributed by atoms with Gasteiger partial charge in [-0.1, -0.05) is 57.8 Å². The van der Waals surface area contributed by atoms with Gasteiger partial charge in [0.25, 0.3) is 5.91 Å². The van der Waals surface area contributed by atoms with E-state index in [4.69, 9.17) is 10.5 Å². The van der Waals surface area contributed by atoms with Crippen LogP contribution in [-0.2, 0) is 14.3 Å². The van der Waals surface area contributed by atoms with Crippen LogP contribution >= 0.6 is 0 Å². The highest BCUT2D eigenvalue weighted by Crippen LogP contribution is 2.16. The van der Waals surface area contributed by atoms with Crippen LogP contribution in [0.4, 0.5) is 4.79 Å². The lowest BCUT2D eigenvalue weighted by molar-refractivity contribution is -0.131. The van der Waals surface area contributed by atoms with E-state index in [2.05, 4.69) is 10.7 Å². The van der Waals surface area contributed by atoms with E-state index in [-0.39, 0.29) is 25.2 Å². The molecule has 0 aromatic rings. The summed E-state index contributed by atoms with van der Waals surface area (Å²) in [6.07, 6.45) is 13.2. The van der Waals surface area contributed by atoms with Crippen molar-refractivity contribution in [2.24, 2.45) is 5.73 Å². The van der Waals surface area contributed by atoms with Gasteiger partial charge in [0.2, 0.25) is 5.91 Å². The summed E-state index contributed by atoms with van der Waals surface area (Å²) in [5.74, 6) is -0.787. The lowest BCUT2D eigenvalue weighted by Crippen LogP contribution is -2.46. The summed E-state index contributed by atoms with van der Waals surface area (Å²) < 4.78 is 5.05. The van der Waals surface area contributed by atoms with Crippen molar-refractivity contribution >= 4 is 17.8 Å². The maximum Gasteiger partial charge on any atom is 0.330 e. The fourth-order valence-corrected chi connectivity index (χ4v) is 2.98. The fourth-order valence-electron chi connectivity index (χ4n) is 2.98. The molecular formula is C17H32N4O4. The number of primary amides is 1. The Balaban J connectivity index is 2.22. The standard InChI is InChI=1S/C17H32N4O4/c18-17(24)21-20-16(23)13-25-12-15(22)19-14-10-8-6-4-2-1-3-5-7-9-11-14/h14H,1-13H2,(H,19,22)(H,20,23)(H3,18,21,24). The Kier molecular flexibility index (Phi) is 11.4. The van der Waals surface area contributed by atoms with Crippen molar-refractivity contribution < 1.29 is 19.1 Å². The normalized spacial score (nSPS) is 17.6. The van der Waals surface area contributed by atoms with Gasteiger partial charge in [0, 0.05) is 6.04 Å². The molecule has 8 nitrogen and oxygen atoms in total. The zero-order chi connectivity index (χ0) is 18.3. The molecule has 0 aromatic heterocycles. The quantitative estimate of drug-likeness (QED) is 0.557. The summed E-state index contributed by atoms with van der Waals surface area (Å²) in [5, 5.41) is 3.01. The first kappa shape index (κ1) is 21.2. The van der Waals surface area contributed by atoms with Crippen molar-refractivity contribution in [3.05, 3.63) is 0 Å². The number of nitrogens with two attached hydrogens (primary N) is 1. The largest absolute Gasteiger partial charge is 0.362 e. The highest BCUT2D eigenvalue weighted by Gasteiger charge is 2.13. The predicted octanol–water partition coefficient (Wildman–Crippen LogP) is 1.49. The Hall–Kier alpha value is -1.83. The number of hydrogen-bond donors (Lipinski definition) is 4. The van der Waals surface area contributed by atoms with Gasteiger partial charge in [-0.05, 0) is 12.8 Å². The third-order valence-corrected chi connectivity index (χ3v) is 4.26. The maximum atomic E-state index is 12.0. The average Bonchev–Trinajstić information content (AvgIpc) is 2.55. The maximum absolute atomic E-state index is 12.0. The molecule has 25 heavy (non-hydrogen) atoms. The van der Waals surface area contributed by atoms with E-state index in [1.807, 2.05) is 5.43 Å². The van der Waals surface area contributed by atoms with Crippen LogP contribution in [0, 0.1) is 0 Å². The van der Waals surface area contributed by atoms with E-state index in [0.29, 0.717) is 0 Å². The smallest absolute Gasteiger partial charge is 0.330 e. The molecule has 0 heterocycles. The SMILES string of the molecule is NC(=O)NNC(=O)COCC(=O)NC1CCCCCCCCCCC1. The molecule has 5 N–H and O–H groups in total. The molecule has 0 unspecified atom stereocenters. The second-order valence-corrected chi connectivity index (χ2v) is 6.55. The Morgan fingerprint density at radius 2 is 1.24 bits per heavy atom. The van der Waals surface area contributed by atoms with Crippen molar-refractivity contribution in [2.45, 2.75) is 76.7 Å². The summed E-state index contributed by atoms with van der Waals surface area (Å²) in [7, 11) is 0. The number of ether oxygens (including phenoxy) is 1. The summed E-state index contributed by atoms with van der Waals surface area (Å²) in [4.78, 5) is 33.7. The van der Waals surface area contributed by atoms with Crippen molar-refractivity contribution in [1.29, 1.82) is 0 Å². The second-order valence-electron chi connectivity index (χ2n) is 6.55. The van der Waals surface area contributed by atoms with Gasteiger partial charge >= 0.3 is 6.03 Å². The molecule has 1 fully saturated rings. The molecular weight excluding hydrogens is 324 g/mol. The van der Waals surface area contributed by atoms with Gasteiger partial charge in [-0.25, -0.2) is 10.2 Å². The lowest BCUT2D eigenvalue weighted by atomic mass is 9.98. The van der Waals surface area contributed by atoms with Gasteiger partial charge in [0.1, 0.15) is 13.2 Å². The molecule has 0 aromatic carbocycles. The predicted molar refractivity (Wildman–Crippen MR) is 94.4 cm³/mol. The van der Waals surface area contributed by atoms with Gasteiger partial charge in [0.15, 0.2) is 0 Å². The van der Waals surface area contributed by atoms with Gasteiger partial charge in [-0.15, -0.1) is 0 Å². The molecule has 0 atom stereocenters. The molecule has 8 heteroatoms. The third-order valence-electron chi connectivity index (χ3n) is 4.26. The van der Waals surface area contributed by atoms with E-state index in [1.165, 1.54) is 44.9 Å². The van der Waals surface area contributed by atoms with Gasteiger partial charge < -0.3 is 15.8 Å². The molecule has 4 amide bonds. The Morgan fingerprint density at radius 3 is 1.76 bits per heavy atom. The number of rotatable bonds is 5. The molecule has 0 bridgehead atoms. The molecule has 0 aliphatic heterocycles. The summed E-state index contributed by atoms with van der Waals surface area (Å²) in [6.45, 7) is -0.501. The van der Waals surface area contributed by atoms with Crippen LogP contribution in [0.15, 0.2) is 0 Å². The average molecular weight is 356 g/mol. The molecule has 0 saturated heterocycles. The van der Waals surface area contributed by atoms with Gasteiger partial charge in [0.05, 0.1) is 0 Å². The van der Waals surface area contributed by atoms with Crippen molar-refractivity contribution in [3.8, 4) is 0 Å². The first-order chi connectivity index (χ1) is 12.1. The van der Waals surface area contributed by atoms with E-state index < -0.39 is 11.9 Å². The van der Waals surface area contributed by atoms with Crippen LogP contribution in [-0.4, -0.2) is 37.1 Å². The van der Waals surface area contributed by atoms with Crippen LogP contribution in [0.2, 0.25) is 0 Å². The number of amides is 4. The molecule has 1 aliphatic rings. The minimum Gasteiger partial charge on any atom is -0.362 e. The van der Waals surface area contributed by atoms with Gasteiger partial charge in [-0.3, -0.25) is 15.0 Å². The van der Waals surface area contributed by atoms with Crippen molar-refractivity contribution in [2.75, 3.05) is 13.2 Å². The molecule has 1 aliphatic carbocycles. The van der Waals surface area contributed by atoms with E-state index >= 15 is 0 Å². The number of hydrazine groups is 1. The number of carbonyl (C=O) groups is 3. The molecule has 0 spiro atoms. The van der Waals surface area contributed by atoms with Crippen molar-refractivity contribution in [1.82, 2.24) is 16.2 Å². The topological polar surface area (TPSA) is 123 Å². The minimum atomic E-state index is -0.867. The van der Waals surface area contributed by atoms with Crippen LogP contribution < -0.4 is 21.9 Å². The molecule has 1 saturated carbocycles. The lowest BCUT2D eigenvalue weighted by Gasteiger charge is -2.19. The second kappa shape index (κ2) is 13.5. The van der Waals surface area contributed by atoms with E-state index in [9.17, 15) is 14.4 Å². The van der Waals surface area contributed by atoms with Crippen LogP contribution in [0.25, 0.3) is 0 Å². The fraction of sp³-hybridized carbons (Fsp3) is 0.824. The van der Waals surface area contributed by atoms with Crippen LogP contribution in [0.3, 0.4) is 0 Å². The summed E-state index contributed by atoms with van der Waals surface area (Å²) in [5.41, 5.74) is 8.81. The number of nitrogens with one attached hydrogen (secondary N) is 3. The number of carbonyl (C=O) groups excluding carboxylic acids is 3. The van der Waals surface area contributed by atoms with E-state index in [1.54, 1.807) is 0 Å². The molecule has 1 rings (SSSR count). The van der Waals surface area contributed by atoms with Gasteiger partial charge in [-0.2, -0.15) is 0 Å². The third kappa shape index (κ3) is 12.2. The number of hydrogen-bond acceptors (Lipinski definition) is 4. The Morgan fingerprint density at radius 1 is 0.760 bits per heavy atom. The first-order valence-corrected chi connectivity index (χ1v) is 9.29. The van der Waals surface area contributed by atoms with Crippen LogP contribution in [0.5, 0.6) is 0 Å². The highest BCUT2D eigenvalue weighted by atomic mass is 16.5. The first-order valence-electron chi connectivity index (χ1n) is 9.29. The zero-order valence-electron chi connectivity index (χ0n) is 15.0. The molecule has 144 valence electrons. The molecule has 0 radical (unpaired) electrons. The summed E-state index contributed by atoms with van der Waals surface area (Å²) in [6, 6.07) is -0.686. The monoisotopic (exact) mass is 356 g/mol. The summed E-state index contributed by atoms with van der Waals surface area (Å²) >= 11 is 0. The van der Waals surface area contributed by atoms with Crippen LogP contribution in [0.1, 0.15) is 70.6 Å². The Labute approximate surface area is 149 Å². The zero-order valence-corrected chi connectivity index (χ0v) is 15.0. The Bertz CT molecular complexity index is 405.